The Morgan fingerprint density at radius 2 is 2.00 bits per heavy atom. The largest absolute Gasteiger partial charge is 0.504 e. The van der Waals surface area contributed by atoms with Gasteiger partial charge in [0.15, 0.2) is 11.5 Å². The van der Waals surface area contributed by atoms with Crippen LogP contribution in [0.5, 0.6) is 11.5 Å². The van der Waals surface area contributed by atoms with E-state index < -0.39 is 6.04 Å². The molecule has 0 spiro atoms. The number of ether oxygens (including phenoxy) is 1. The number of para-hydroxylation sites is 1. The molecule has 0 aliphatic carbocycles. The van der Waals surface area contributed by atoms with Crippen molar-refractivity contribution in [3.05, 3.63) is 52.5 Å². The van der Waals surface area contributed by atoms with E-state index in [0.717, 1.165) is 10.2 Å². The van der Waals surface area contributed by atoms with Gasteiger partial charge < -0.3 is 15.2 Å². The van der Waals surface area contributed by atoms with Crippen LogP contribution in [0.1, 0.15) is 12.5 Å². The molecule has 7 heteroatoms. The Morgan fingerprint density at radius 1 is 1.29 bits per heavy atom. The van der Waals surface area contributed by atoms with Gasteiger partial charge in [0, 0.05) is 15.7 Å². The number of anilines is 1. The number of carbonyl (C=O) groups excluding carboxylic acids is 1. The van der Waals surface area contributed by atoms with Crippen LogP contribution in [0.4, 0.5) is 5.69 Å². The van der Waals surface area contributed by atoms with Gasteiger partial charge in [-0.25, -0.2) is 5.43 Å². The zero-order valence-electron chi connectivity index (χ0n) is 13.3. The molecule has 2 rings (SSSR count). The van der Waals surface area contributed by atoms with Crippen molar-refractivity contribution in [3.63, 3.8) is 0 Å². The average Bonchev–Trinajstić information content (AvgIpc) is 2.58. The Kier molecular flexibility index (Phi) is 6.20. The van der Waals surface area contributed by atoms with Crippen LogP contribution >= 0.6 is 15.9 Å². The third-order valence-electron chi connectivity index (χ3n) is 3.25. The maximum Gasteiger partial charge on any atom is 0.262 e. The molecule has 2 aromatic rings. The summed E-state index contributed by atoms with van der Waals surface area (Å²) in [5, 5.41) is 16.9. The van der Waals surface area contributed by atoms with Crippen LogP contribution in [0.15, 0.2) is 52.0 Å². The summed E-state index contributed by atoms with van der Waals surface area (Å²) in [5.74, 6) is 0.0196. The zero-order chi connectivity index (χ0) is 17.5. The number of nitrogens with zero attached hydrogens (tertiary/aromatic N) is 1. The van der Waals surface area contributed by atoms with Crippen LogP contribution in [0.25, 0.3) is 0 Å². The summed E-state index contributed by atoms with van der Waals surface area (Å²) in [7, 11) is 1.47. The predicted molar refractivity (Wildman–Crippen MR) is 97.6 cm³/mol. The molecular formula is C17H18BrN3O3. The van der Waals surface area contributed by atoms with Gasteiger partial charge in [-0.3, -0.25) is 4.79 Å². The van der Waals surface area contributed by atoms with Crippen LogP contribution in [0.3, 0.4) is 0 Å². The number of phenols is 1. The van der Waals surface area contributed by atoms with Crippen molar-refractivity contribution >= 4 is 33.7 Å². The molecule has 1 atom stereocenters. The molecule has 0 saturated heterocycles. The lowest BCUT2D eigenvalue weighted by Gasteiger charge is -2.13. The molecule has 24 heavy (non-hydrogen) atoms. The molecule has 0 fully saturated rings. The third kappa shape index (κ3) is 4.73. The maximum absolute atomic E-state index is 12.0. The van der Waals surface area contributed by atoms with Gasteiger partial charge in [0.25, 0.3) is 5.91 Å². The van der Waals surface area contributed by atoms with Crippen molar-refractivity contribution in [2.24, 2.45) is 5.10 Å². The van der Waals surface area contributed by atoms with E-state index >= 15 is 0 Å². The van der Waals surface area contributed by atoms with Crippen LogP contribution < -0.4 is 15.5 Å². The van der Waals surface area contributed by atoms with Gasteiger partial charge in [0.05, 0.1) is 13.3 Å². The summed E-state index contributed by atoms with van der Waals surface area (Å²) in [5.41, 5.74) is 3.71. The molecule has 0 radical (unpaired) electrons. The molecule has 0 heterocycles. The number of carbonyl (C=O) groups is 1. The van der Waals surface area contributed by atoms with Gasteiger partial charge in [-0.15, -0.1) is 0 Å². The van der Waals surface area contributed by atoms with Crippen molar-refractivity contribution in [2.45, 2.75) is 13.0 Å². The first-order valence-corrected chi connectivity index (χ1v) is 8.01. The summed E-state index contributed by atoms with van der Waals surface area (Å²) < 4.78 is 5.98. The highest BCUT2D eigenvalue weighted by molar-refractivity contribution is 9.10. The molecule has 3 N–H and O–H groups in total. The van der Waals surface area contributed by atoms with Crippen molar-refractivity contribution in [1.82, 2.24) is 5.43 Å². The van der Waals surface area contributed by atoms with Gasteiger partial charge in [0.1, 0.15) is 6.04 Å². The number of benzene rings is 2. The summed E-state index contributed by atoms with van der Waals surface area (Å²) in [4.78, 5) is 12.0. The van der Waals surface area contributed by atoms with Gasteiger partial charge in [-0.05, 0) is 43.3 Å². The summed E-state index contributed by atoms with van der Waals surface area (Å²) in [6, 6.07) is 12.1. The Bertz CT molecular complexity index is 732. The Balaban J connectivity index is 1.93. The van der Waals surface area contributed by atoms with E-state index in [-0.39, 0.29) is 11.7 Å². The fourth-order valence-corrected chi connectivity index (χ4v) is 2.20. The number of phenolic OH excluding ortho intramolecular Hbond substituents is 1. The summed E-state index contributed by atoms with van der Waals surface area (Å²) >= 11 is 3.36. The van der Waals surface area contributed by atoms with Crippen LogP contribution in [-0.2, 0) is 4.79 Å². The number of aromatic hydroxyl groups is 1. The van der Waals surface area contributed by atoms with Gasteiger partial charge in [-0.2, -0.15) is 5.10 Å². The number of amides is 1. The minimum absolute atomic E-state index is 0.0287. The van der Waals surface area contributed by atoms with Crippen LogP contribution in [-0.4, -0.2) is 30.4 Å². The lowest BCUT2D eigenvalue weighted by molar-refractivity contribution is -0.121. The number of methoxy groups -OCH3 is 1. The highest BCUT2D eigenvalue weighted by Crippen LogP contribution is 2.27. The highest BCUT2D eigenvalue weighted by Gasteiger charge is 2.11. The highest BCUT2D eigenvalue weighted by atomic mass is 79.9. The molecule has 1 unspecified atom stereocenters. The number of hydrazone groups is 1. The standard InChI is InChI=1S/C17H18BrN3O3/c1-11(20-14-8-6-13(18)7-9-14)17(23)21-19-10-12-4-3-5-15(24-2)16(12)22/h3-11,20,22H,1-2H3,(H,21,23)/b19-10+. The van der Waals surface area contributed by atoms with E-state index in [4.69, 9.17) is 4.74 Å². The molecular weight excluding hydrogens is 374 g/mol. The lowest BCUT2D eigenvalue weighted by atomic mass is 10.2. The topological polar surface area (TPSA) is 83.0 Å². The third-order valence-corrected chi connectivity index (χ3v) is 3.78. The zero-order valence-corrected chi connectivity index (χ0v) is 14.9. The summed E-state index contributed by atoms with van der Waals surface area (Å²) in [6.45, 7) is 1.73. The molecule has 0 saturated carbocycles. The molecule has 126 valence electrons. The number of nitrogens with one attached hydrogen (secondary N) is 2. The number of rotatable bonds is 6. The van der Waals surface area contributed by atoms with Gasteiger partial charge in [-0.1, -0.05) is 22.0 Å². The minimum Gasteiger partial charge on any atom is -0.504 e. The lowest BCUT2D eigenvalue weighted by Crippen LogP contribution is -2.34. The van der Waals surface area contributed by atoms with E-state index in [9.17, 15) is 9.90 Å². The second-order valence-electron chi connectivity index (χ2n) is 5.01. The Hall–Kier alpha value is -2.54. The van der Waals surface area contributed by atoms with E-state index in [1.165, 1.54) is 13.3 Å². The maximum atomic E-state index is 12.0. The smallest absolute Gasteiger partial charge is 0.262 e. The monoisotopic (exact) mass is 391 g/mol. The van der Waals surface area contributed by atoms with Crippen molar-refractivity contribution in [2.75, 3.05) is 12.4 Å². The van der Waals surface area contributed by atoms with Crippen LogP contribution in [0, 0.1) is 0 Å². The molecule has 0 aromatic heterocycles. The fourth-order valence-electron chi connectivity index (χ4n) is 1.93. The predicted octanol–water partition coefficient (Wildman–Crippen LogP) is 3.11. The van der Waals surface area contributed by atoms with Crippen LogP contribution in [0.2, 0.25) is 0 Å². The molecule has 2 aromatic carbocycles. The molecule has 0 bridgehead atoms. The number of halogens is 1. The average molecular weight is 392 g/mol. The number of hydrogen-bond acceptors (Lipinski definition) is 5. The van der Waals surface area contributed by atoms with Gasteiger partial charge >= 0.3 is 0 Å². The van der Waals surface area contributed by atoms with Crippen molar-refractivity contribution in [1.29, 1.82) is 0 Å². The van der Waals surface area contributed by atoms with E-state index in [1.54, 1.807) is 25.1 Å². The van der Waals surface area contributed by atoms with E-state index in [1.807, 2.05) is 24.3 Å². The Labute approximate surface area is 148 Å². The molecule has 0 aliphatic heterocycles. The molecule has 1 amide bonds. The van der Waals surface area contributed by atoms with Crippen molar-refractivity contribution < 1.29 is 14.6 Å². The van der Waals surface area contributed by atoms with Crippen molar-refractivity contribution in [3.8, 4) is 11.5 Å². The first-order valence-electron chi connectivity index (χ1n) is 7.22. The fraction of sp³-hybridized carbons (Fsp3) is 0.176. The van der Waals surface area contributed by atoms with E-state index in [2.05, 4.69) is 31.8 Å². The first-order chi connectivity index (χ1) is 11.5. The normalized spacial score (nSPS) is 12.0. The minimum atomic E-state index is -0.470. The molecule has 0 aliphatic rings. The Morgan fingerprint density at radius 3 is 2.67 bits per heavy atom. The second-order valence-corrected chi connectivity index (χ2v) is 5.92. The first kappa shape index (κ1) is 17.8. The van der Waals surface area contributed by atoms with E-state index in [0.29, 0.717) is 11.3 Å². The van der Waals surface area contributed by atoms with Gasteiger partial charge in [0.2, 0.25) is 0 Å². The SMILES string of the molecule is COc1cccc(/C=N/NC(=O)C(C)Nc2ccc(Br)cc2)c1O. The molecule has 6 nitrogen and oxygen atoms in total. The number of hydrogen-bond donors (Lipinski definition) is 3. The summed E-state index contributed by atoms with van der Waals surface area (Å²) in [6.07, 6.45) is 1.36. The quantitative estimate of drug-likeness (QED) is 0.521. The second kappa shape index (κ2) is 8.35.